The van der Waals surface area contributed by atoms with Crippen molar-refractivity contribution in [1.82, 2.24) is 14.7 Å². The monoisotopic (exact) mass is 435 g/mol. The molecule has 168 valence electrons. The summed E-state index contributed by atoms with van der Waals surface area (Å²) in [6.07, 6.45) is 1.99. The number of nitrogens with zero attached hydrogens (tertiary/aromatic N) is 3. The molecular formula is C25H29N3O4. The van der Waals surface area contributed by atoms with Gasteiger partial charge < -0.3 is 14.4 Å². The highest BCUT2D eigenvalue weighted by molar-refractivity contribution is 6.07. The predicted octanol–water partition coefficient (Wildman–Crippen LogP) is 2.93. The number of rotatable bonds is 5. The van der Waals surface area contributed by atoms with Crippen LogP contribution in [0.1, 0.15) is 24.0 Å². The second-order valence-corrected chi connectivity index (χ2v) is 8.82. The predicted molar refractivity (Wildman–Crippen MR) is 120 cm³/mol. The molecule has 7 nitrogen and oxygen atoms in total. The van der Waals surface area contributed by atoms with Crippen molar-refractivity contribution in [2.45, 2.75) is 31.3 Å². The SMILES string of the molecule is CN1C(=O)N(CCc2ccccc2)C(=O)C12CCN(Cc1ccc3c(c1)OCCO3)CC2. The Morgan fingerprint density at radius 3 is 2.38 bits per heavy atom. The molecule has 0 saturated carbocycles. The van der Waals surface area contributed by atoms with E-state index in [4.69, 9.17) is 9.47 Å². The Bertz CT molecular complexity index is 1000. The van der Waals surface area contributed by atoms with E-state index < -0.39 is 5.54 Å². The third kappa shape index (κ3) is 3.71. The van der Waals surface area contributed by atoms with E-state index in [1.807, 2.05) is 42.5 Å². The number of ether oxygens (including phenoxy) is 2. The molecule has 1 spiro atoms. The first kappa shape index (κ1) is 20.8. The van der Waals surface area contributed by atoms with E-state index >= 15 is 0 Å². The van der Waals surface area contributed by atoms with E-state index in [9.17, 15) is 9.59 Å². The second kappa shape index (κ2) is 8.47. The molecule has 0 radical (unpaired) electrons. The van der Waals surface area contributed by atoms with Gasteiger partial charge in [-0.2, -0.15) is 0 Å². The highest BCUT2D eigenvalue weighted by Crippen LogP contribution is 2.37. The first-order valence-corrected chi connectivity index (χ1v) is 11.3. The standard InChI is InChI=1S/C25H29N3O4/c1-26-24(30)28(12-9-19-5-3-2-4-6-19)23(29)25(26)10-13-27(14-11-25)18-20-7-8-21-22(17-20)32-16-15-31-21/h2-8,17H,9-16,18H2,1H3. The molecule has 0 aliphatic carbocycles. The Morgan fingerprint density at radius 1 is 0.906 bits per heavy atom. The van der Waals surface area contributed by atoms with Crippen molar-refractivity contribution < 1.29 is 19.1 Å². The van der Waals surface area contributed by atoms with Crippen LogP contribution in [0.3, 0.4) is 0 Å². The third-order valence-corrected chi connectivity index (χ3v) is 6.97. The number of piperidine rings is 1. The highest BCUT2D eigenvalue weighted by atomic mass is 16.6. The fourth-order valence-electron chi connectivity index (χ4n) is 5.00. The molecule has 5 rings (SSSR count). The summed E-state index contributed by atoms with van der Waals surface area (Å²) in [5.74, 6) is 1.55. The molecule has 3 aliphatic heterocycles. The van der Waals surface area contributed by atoms with E-state index in [1.165, 1.54) is 4.90 Å². The molecule has 2 saturated heterocycles. The summed E-state index contributed by atoms with van der Waals surface area (Å²) in [7, 11) is 1.78. The number of fused-ring (bicyclic) bond motifs is 1. The number of urea groups is 1. The van der Waals surface area contributed by atoms with Crippen molar-refractivity contribution in [2.24, 2.45) is 0 Å². The largest absolute Gasteiger partial charge is 0.486 e. The molecule has 0 atom stereocenters. The number of hydrogen-bond donors (Lipinski definition) is 0. The van der Waals surface area contributed by atoms with Gasteiger partial charge in [-0.15, -0.1) is 0 Å². The molecule has 3 heterocycles. The quantitative estimate of drug-likeness (QED) is 0.676. The van der Waals surface area contributed by atoms with Gasteiger partial charge in [0.05, 0.1) is 0 Å². The summed E-state index contributed by atoms with van der Waals surface area (Å²) in [4.78, 5) is 31.7. The zero-order chi connectivity index (χ0) is 22.1. The molecule has 2 aromatic carbocycles. The summed E-state index contributed by atoms with van der Waals surface area (Å²) in [6.45, 7) is 3.91. The van der Waals surface area contributed by atoms with Crippen LogP contribution >= 0.6 is 0 Å². The van der Waals surface area contributed by atoms with Gasteiger partial charge in [0.1, 0.15) is 18.8 Å². The Balaban J connectivity index is 1.22. The number of carbonyl (C=O) groups is 2. The van der Waals surface area contributed by atoms with Gasteiger partial charge in [-0.05, 0) is 42.5 Å². The van der Waals surface area contributed by atoms with E-state index in [2.05, 4.69) is 11.0 Å². The van der Waals surface area contributed by atoms with Gasteiger partial charge in [-0.3, -0.25) is 14.6 Å². The number of imide groups is 1. The van der Waals surface area contributed by atoms with Crippen molar-refractivity contribution in [1.29, 1.82) is 0 Å². The van der Waals surface area contributed by atoms with Gasteiger partial charge in [-0.25, -0.2) is 4.79 Å². The second-order valence-electron chi connectivity index (χ2n) is 8.82. The number of hydrogen-bond acceptors (Lipinski definition) is 5. The van der Waals surface area contributed by atoms with Crippen molar-refractivity contribution in [3.8, 4) is 11.5 Å². The van der Waals surface area contributed by atoms with Crippen molar-refractivity contribution in [3.05, 3.63) is 59.7 Å². The number of likely N-dealkylation sites (tertiary alicyclic amines) is 1. The molecule has 32 heavy (non-hydrogen) atoms. The van der Waals surface area contributed by atoms with Crippen LogP contribution in [0.2, 0.25) is 0 Å². The maximum atomic E-state index is 13.4. The van der Waals surface area contributed by atoms with Crippen LogP contribution in [0.25, 0.3) is 0 Å². The summed E-state index contributed by atoms with van der Waals surface area (Å²) >= 11 is 0. The summed E-state index contributed by atoms with van der Waals surface area (Å²) in [5, 5.41) is 0. The van der Waals surface area contributed by atoms with Crippen LogP contribution in [-0.2, 0) is 17.8 Å². The fraction of sp³-hybridized carbons (Fsp3) is 0.440. The van der Waals surface area contributed by atoms with Gasteiger partial charge in [-0.1, -0.05) is 36.4 Å². The molecule has 7 heteroatoms. The van der Waals surface area contributed by atoms with E-state index in [0.717, 1.165) is 42.3 Å². The van der Waals surface area contributed by atoms with Crippen molar-refractivity contribution >= 4 is 11.9 Å². The van der Waals surface area contributed by atoms with Crippen LogP contribution in [0.15, 0.2) is 48.5 Å². The Morgan fingerprint density at radius 2 is 1.62 bits per heavy atom. The number of benzene rings is 2. The molecular weight excluding hydrogens is 406 g/mol. The van der Waals surface area contributed by atoms with Crippen LogP contribution in [0.5, 0.6) is 11.5 Å². The average molecular weight is 436 g/mol. The van der Waals surface area contributed by atoms with Crippen LogP contribution < -0.4 is 9.47 Å². The molecule has 3 amide bonds. The lowest BCUT2D eigenvalue weighted by Crippen LogP contribution is -2.55. The van der Waals surface area contributed by atoms with Crippen molar-refractivity contribution in [3.63, 3.8) is 0 Å². The van der Waals surface area contributed by atoms with E-state index in [-0.39, 0.29) is 11.9 Å². The van der Waals surface area contributed by atoms with Gasteiger partial charge in [0.25, 0.3) is 5.91 Å². The minimum atomic E-state index is -0.711. The molecule has 0 bridgehead atoms. The highest BCUT2D eigenvalue weighted by Gasteiger charge is 2.56. The molecule has 0 aromatic heterocycles. The summed E-state index contributed by atoms with van der Waals surface area (Å²) < 4.78 is 11.3. The number of carbonyl (C=O) groups excluding carboxylic acids is 2. The minimum Gasteiger partial charge on any atom is -0.486 e. The molecule has 0 unspecified atom stereocenters. The Hall–Kier alpha value is -3.06. The third-order valence-electron chi connectivity index (χ3n) is 6.97. The molecule has 3 aliphatic rings. The molecule has 0 N–H and O–H groups in total. The topological polar surface area (TPSA) is 62.3 Å². The molecule has 2 aromatic rings. The fourth-order valence-corrected chi connectivity index (χ4v) is 5.00. The van der Waals surface area contributed by atoms with Crippen LogP contribution in [0.4, 0.5) is 4.79 Å². The Labute approximate surface area is 188 Å². The van der Waals surface area contributed by atoms with Crippen LogP contribution in [0, 0.1) is 0 Å². The van der Waals surface area contributed by atoms with Gasteiger partial charge in [0.2, 0.25) is 0 Å². The lowest BCUT2D eigenvalue weighted by molar-refractivity contribution is -0.135. The maximum Gasteiger partial charge on any atom is 0.327 e. The van der Waals surface area contributed by atoms with E-state index in [1.54, 1.807) is 11.9 Å². The smallest absolute Gasteiger partial charge is 0.327 e. The Kier molecular flexibility index (Phi) is 5.51. The lowest BCUT2D eigenvalue weighted by atomic mass is 9.86. The van der Waals surface area contributed by atoms with Crippen LogP contribution in [-0.4, -0.2) is 72.1 Å². The average Bonchev–Trinajstić information content (AvgIpc) is 3.00. The zero-order valence-electron chi connectivity index (χ0n) is 18.5. The van der Waals surface area contributed by atoms with Gasteiger partial charge in [0.15, 0.2) is 11.5 Å². The first-order chi connectivity index (χ1) is 15.6. The maximum absolute atomic E-state index is 13.4. The number of amides is 3. The minimum absolute atomic E-state index is 0.0417. The summed E-state index contributed by atoms with van der Waals surface area (Å²) in [5.41, 5.74) is 1.58. The van der Waals surface area contributed by atoms with Crippen molar-refractivity contribution in [2.75, 3.05) is 39.9 Å². The molecule has 2 fully saturated rings. The zero-order valence-corrected chi connectivity index (χ0v) is 18.5. The number of likely N-dealkylation sites (N-methyl/N-ethyl adjacent to an activating group) is 1. The van der Waals surface area contributed by atoms with E-state index in [0.29, 0.717) is 39.0 Å². The summed E-state index contributed by atoms with van der Waals surface area (Å²) in [6, 6.07) is 15.9. The van der Waals surface area contributed by atoms with Gasteiger partial charge in [0, 0.05) is 33.2 Å². The normalized spacial score (nSPS) is 20.3. The first-order valence-electron chi connectivity index (χ1n) is 11.3. The lowest BCUT2D eigenvalue weighted by Gasteiger charge is -2.40. The van der Waals surface area contributed by atoms with Gasteiger partial charge >= 0.3 is 6.03 Å².